The van der Waals surface area contributed by atoms with E-state index in [1.54, 1.807) is 18.2 Å². The third-order valence-electron chi connectivity index (χ3n) is 5.33. The van der Waals surface area contributed by atoms with Crippen molar-refractivity contribution in [3.63, 3.8) is 0 Å². The van der Waals surface area contributed by atoms with E-state index in [-0.39, 0.29) is 11.7 Å². The minimum absolute atomic E-state index is 0.0770. The van der Waals surface area contributed by atoms with E-state index < -0.39 is 0 Å². The van der Waals surface area contributed by atoms with Crippen LogP contribution in [0.15, 0.2) is 42.5 Å². The summed E-state index contributed by atoms with van der Waals surface area (Å²) < 4.78 is 13.2. The normalized spacial score (nSPS) is 15.0. The summed E-state index contributed by atoms with van der Waals surface area (Å²) in [6.07, 6.45) is 4.87. The van der Waals surface area contributed by atoms with Crippen LogP contribution in [0.2, 0.25) is 0 Å². The van der Waals surface area contributed by atoms with Crippen LogP contribution in [0.5, 0.6) is 0 Å². The Labute approximate surface area is 163 Å². The Morgan fingerprint density at radius 3 is 2.68 bits per heavy atom. The Kier molecular flexibility index (Phi) is 5.67. The van der Waals surface area contributed by atoms with Gasteiger partial charge >= 0.3 is 0 Å². The van der Waals surface area contributed by atoms with E-state index in [1.807, 2.05) is 12.1 Å². The lowest BCUT2D eigenvalue weighted by molar-refractivity contribution is 0.0951. The van der Waals surface area contributed by atoms with Crippen LogP contribution in [0.1, 0.15) is 36.0 Å². The minimum Gasteiger partial charge on any atom is -0.352 e. The molecular formula is C22H25FN4O. The van der Waals surface area contributed by atoms with Crippen LogP contribution < -0.4 is 5.32 Å². The first-order valence-corrected chi connectivity index (χ1v) is 9.95. The fourth-order valence-corrected chi connectivity index (χ4v) is 3.77. The molecule has 0 radical (unpaired) electrons. The summed E-state index contributed by atoms with van der Waals surface area (Å²) in [5.41, 5.74) is 2.98. The molecule has 2 N–H and O–H groups in total. The number of halogens is 1. The number of rotatable bonds is 6. The minimum atomic E-state index is -0.284. The number of carbonyl (C=O) groups excluding carboxylic acids is 1. The number of H-pyrrole nitrogens is 1. The zero-order valence-corrected chi connectivity index (χ0v) is 15.9. The van der Waals surface area contributed by atoms with E-state index in [9.17, 15) is 9.18 Å². The smallest absolute Gasteiger partial charge is 0.251 e. The van der Waals surface area contributed by atoms with Gasteiger partial charge in [-0.2, -0.15) is 5.10 Å². The Balaban J connectivity index is 1.41. The number of likely N-dealkylation sites (tertiary alicyclic amines) is 1. The van der Waals surface area contributed by atoms with Gasteiger partial charge in [-0.1, -0.05) is 6.42 Å². The second kappa shape index (κ2) is 8.52. The first-order chi connectivity index (χ1) is 13.7. The van der Waals surface area contributed by atoms with Crippen molar-refractivity contribution in [2.75, 3.05) is 26.2 Å². The number of fused-ring (bicyclic) bond motifs is 1. The van der Waals surface area contributed by atoms with Crippen LogP contribution >= 0.6 is 0 Å². The molecule has 0 atom stereocenters. The molecule has 1 saturated heterocycles. The molecule has 2 aromatic carbocycles. The number of hydrogen-bond donors (Lipinski definition) is 2. The third kappa shape index (κ3) is 4.22. The van der Waals surface area contributed by atoms with Gasteiger partial charge in [-0.15, -0.1) is 0 Å². The summed E-state index contributed by atoms with van der Waals surface area (Å²) in [6.45, 7) is 4.06. The number of benzene rings is 2. The Morgan fingerprint density at radius 1 is 1.11 bits per heavy atom. The number of hydrogen-bond acceptors (Lipinski definition) is 3. The molecule has 0 saturated carbocycles. The number of aromatic amines is 1. The second-order valence-electron chi connectivity index (χ2n) is 7.35. The van der Waals surface area contributed by atoms with Crippen LogP contribution in [-0.4, -0.2) is 47.2 Å². The average Bonchev–Trinajstić information content (AvgIpc) is 3.15. The summed E-state index contributed by atoms with van der Waals surface area (Å²) in [5.74, 6) is -0.361. The van der Waals surface area contributed by atoms with Crippen LogP contribution in [0, 0.1) is 5.82 Å². The molecule has 28 heavy (non-hydrogen) atoms. The lowest BCUT2D eigenvalue weighted by atomic mass is 10.1. The van der Waals surface area contributed by atoms with Gasteiger partial charge in [-0.3, -0.25) is 9.89 Å². The summed E-state index contributed by atoms with van der Waals surface area (Å²) in [7, 11) is 0. The fraction of sp³-hybridized carbons (Fsp3) is 0.364. The molecule has 4 rings (SSSR count). The number of nitrogens with zero attached hydrogens (tertiary/aromatic N) is 2. The molecule has 6 heteroatoms. The van der Waals surface area contributed by atoms with Gasteiger partial charge in [0.1, 0.15) is 5.82 Å². The molecule has 3 aromatic rings. The van der Waals surface area contributed by atoms with Gasteiger partial charge < -0.3 is 10.2 Å². The Bertz CT molecular complexity index is 945. The summed E-state index contributed by atoms with van der Waals surface area (Å²) >= 11 is 0. The first kappa shape index (κ1) is 18.6. The first-order valence-electron chi connectivity index (χ1n) is 9.95. The molecule has 0 unspecified atom stereocenters. The van der Waals surface area contributed by atoms with Gasteiger partial charge in [0, 0.05) is 23.1 Å². The molecule has 0 spiro atoms. The van der Waals surface area contributed by atoms with E-state index in [0.29, 0.717) is 12.1 Å². The lowest BCUT2D eigenvalue weighted by Gasteiger charge is -2.26. The molecule has 1 aliphatic rings. The van der Waals surface area contributed by atoms with E-state index >= 15 is 0 Å². The van der Waals surface area contributed by atoms with Crippen molar-refractivity contribution in [1.82, 2.24) is 20.4 Å². The number of piperidine rings is 1. The molecule has 1 aliphatic heterocycles. The summed E-state index contributed by atoms with van der Waals surface area (Å²) in [5, 5.41) is 11.2. The highest BCUT2D eigenvalue weighted by Crippen LogP contribution is 2.27. The third-order valence-corrected chi connectivity index (χ3v) is 5.33. The van der Waals surface area contributed by atoms with Gasteiger partial charge in [0.15, 0.2) is 0 Å². The van der Waals surface area contributed by atoms with Crippen molar-refractivity contribution < 1.29 is 9.18 Å². The maximum Gasteiger partial charge on any atom is 0.251 e. The largest absolute Gasteiger partial charge is 0.352 e. The molecule has 0 aliphatic carbocycles. The second-order valence-corrected chi connectivity index (χ2v) is 7.35. The maximum atomic E-state index is 13.2. The van der Waals surface area contributed by atoms with Crippen molar-refractivity contribution in [2.24, 2.45) is 0 Å². The molecule has 5 nitrogen and oxygen atoms in total. The van der Waals surface area contributed by atoms with Gasteiger partial charge in [-0.25, -0.2) is 4.39 Å². The molecule has 1 fully saturated rings. The fourth-order valence-electron chi connectivity index (χ4n) is 3.77. The molecular weight excluding hydrogens is 355 g/mol. The maximum absolute atomic E-state index is 13.2. The van der Waals surface area contributed by atoms with Gasteiger partial charge in [0.25, 0.3) is 5.91 Å². The monoisotopic (exact) mass is 380 g/mol. The molecule has 2 heterocycles. The molecule has 1 amide bonds. The molecule has 146 valence electrons. The van der Waals surface area contributed by atoms with E-state index in [2.05, 4.69) is 20.4 Å². The lowest BCUT2D eigenvalue weighted by Crippen LogP contribution is -2.33. The standard InChI is InChI=1S/C22H25FN4O/c23-18-8-5-16(6-9-18)21-19-15-17(7-10-20(19)25-26-21)22(28)24-11-4-14-27-12-2-1-3-13-27/h5-10,15H,1-4,11-14H2,(H,24,28)(H,25,26). The van der Waals surface area contributed by atoms with E-state index in [4.69, 9.17) is 0 Å². The highest BCUT2D eigenvalue weighted by molar-refractivity contribution is 6.01. The summed E-state index contributed by atoms with van der Waals surface area (Å²) in [6, 6.07) is 11.7. The predicted octanol–water partition coefficient (Wildman–Crippen LogP) is 3.97. The van der Waals surface area contributed by atoms with Crippen LogP contribution in [0.4, 0.5) is 4.39 Å². The topological polar surface area (TPSA) is 61.0 Å². The van der Waals surface area contributed by atoms with Crippen LogP contribution in [-0.2, 0) is 0 Å². The van der Waals surface area contributed by atoms with Gasteiger partial charge in [0.2, 0.25) is 0 Å². The van der Waals surface area contributed by atoms with E-state index in [0.717, 1.165) is 35.1 Å². The number of nitrogens with one attached hydrogen (secondary N) is 2. The van der Waals surface area contributed by atoms with Crippen LogP contribution in [0.3, 0.4) is 0 Å². The van der Waals surface area contributed by atoms with Crippen molar-refractivity contribution in [3.8, 4) is 11.3 Å². The Morgan fingerprint density at radius 2 is 1.89 bits per heavy atom. The average molecular weight is 380 g/mol. The SMILES string of the molecule is O=C(NCCCN1CCCCC1)c1ccc2[nH]nc(-c3ccc(F)cc3)c2c1. The highest BCUT2D eigenvalue weighted by atomic mass is 19.1. The Hall–Kier alpha value is -2.73. The van der Waals surface area contributed by atoms with Crippen molar-refractivity contribution >= 4 is 16.8 Å². The van der Waals surface area contributed by atoms with E-state index in [1.165, 1.54) is 44.5 Å². The zero-order valence-electron chi connectivity index (χ0n) is 15.9. The van der Waals surface area contributed by atoms with Crippen LogP contribution in [0.25, 0.3) is 22.2 Å². The highest BCUT2D eigenvalue weighted by Gasteiger charge is 2.13. The molecule has 1 aromatic heterocycles. The van der Waals surface area contributed by atoms with Gasteiger partial charge in [0.05, 0.1) is 11.2 Å². The zero-order chi connectivity index (χ0) is 19.3. The van der Waals surface area contributed by atoms with Crippen molar-refractivity contribution in [1.29, 1.82) is 0 Å². The number of carbonyl (C=O) groups is 1. The van der Waals surface area contributed by atoms with Crippen molar-refractivity contribution in [2.45, 2.75) is 25.7 Å². The van der Waals surface area contributed by atoms with Gasteiger partial charge in [-0.05, 0) is 81.4 Å². The predicted molar refractivity (Wildman–Crippen MR) is 109 cm³/mol. The summed E-state index contributed by atoms with van der Waals surface area (Å²) in [4.78, 5) is 15.0. The quantitative estimate of drug-likeness (QED) is 0.636. The number of aromatic nitrogens is 2. The number of amides is 1. The molecule has 0 bridgehead atoms. The van der Waals surface area contributed by atoms with Crippen molar-refractivity contribution in [3.05, 3.63) is 53.8 Å².